The van der Waals surface area contributed by atoms with Crippen LogP contribution in [0, 0.1) is 5.92 Å². The maximum atomic E-state index is 11.6. The summed E-state index contributed by atoms with van der Waals surface area (Å²) in [5, 5.41) is 0. The number of esters is 2. The van der Waals surface area contributed by atoms with Crippen molar-refractivity contribution >= 4 is 11.9 Å². The molecule has 0 N–H and O–H groups in total. The zero-order chi connectivity index (χ0) is 14.2. The van der Waals surface area contributed by atoms with Gasteiger partial charge in [0.2, 0.25) is 6.79 Å². The summed E-state index contributed by atoms with van der Waals surface area (Å²) in [6, 6.07) is 8.65. The van der Waals surface area contributed by atoms with Crippen LogP contribution >= 0.6 is 0 Å². The monoisotopic (exact) mass is 276 g/mol. The molecule has 0 radical (unpaired) electrons. The minimum Gasteiger partial charge on any atom is -0.428 e. The molecular formula is C16H20O4. The standard InChI is InChI=1S/C16H20O4/c17-15(11-13-7-3-1-4-8-13)19-12-20-16(18)14-9-5-2-6-10-14/h2,5-6,9-10,13H,1,3-4,7-8,11-12H2. The van der Waals surface area contributed by atoms with Gasteiger partial charge >= 0.3 is 11.9 Å². The van der Waals surface area contributed by atoms with E-state index >= 15 is 0 Å². The molecule has 0 heterocycles. The Hall–Kier alpha value is -1.84. The number of carbonyl (C=O) groups is 2. The highest BCUT2D eigenvalue weighted by molar-refractivity contribution is 5.89. The number of hydrogen-bond donors (Lipinski definition) is 0. The van der Waals surface area contributed by atoms with Crippen molar-refractivity contribution in [1.82, 2.24) is 0 Å². The third-order valence-electron chi connectivity index (χ3n) is 3.60. The lowest BCUT2D eigenvalue weighted by Gasteiger charge is -2.20. The Labute approximate surface area is 119 Å². The Morgan fingerprint density at radius 3 is 2.40 bits per heavy atom. The molecule has 4 nitrogen and oxygen atoms in total. The van der Waals surface area contributed by atoms with Crippen molar-refractivity contribution in [2.24, 2.45) is 5.92 Å². The molecule has 108 valence electrons. The fraction of sp³-hybridized carbons (Fsp3) is 0.500. The van der Waals surface area contributed by atoms with E-state index in [0.29, 0.717) is 17.9 Å². The maximum absolute atomic E-state index is 11.6. The molecule has 1 aliphatic carbocycles. The van der Waals surface area contributed by atoms with Crippen molar-refractivity contribution in [2.45, 2.75) is 38.5 Å². The Kier molecular flexibility index (Phi) is 5.59. The summed E-state index contributed by atoms with van der Waals surface area (Å²) in [6.45, 7) is -0.306. The lowest BCUT2D eigenvalue weighted by molar-refractivity contribution is -0.153. The van der Waals surface area contributed by atoms with Crippen molar-refractivity contribution in [3.63, 3.8) is 0 Å². The molecule has 1 aromatic rings. The van der Waals surface area contributed by atoms with E-state index in [9.17, 15) is 9.59 Å². The van der Waals surface area contributed by atoms with E-state index in [2.05, 4.69) is 0 Å². The summed E-state index contributed by atoms with van der Waals surface area (Å²) in [4.78, 5) is 23.2. The fourth-order valence-corrected chi connectivity index (χ4v) is 2.49. The van der Waals surface area contributed by atoms with Crippen LogP contribution in [0.25, 0.3) is 0 Å². The van der Waals surface area contributed by atoms with Gasteiger partial charge in [0, 0.05) is 6.42 Å². The smallest absolute Gasteiger partial charge is 0.340 e. The van der Waals surface area contributed by atoms with E-state index in [4.69, 9.17) is 9.47 Å². The van der Waals surface area contributed by atoms with Crippen molar-refractivity contribution in [3.05, 3.63) is 35.9 Å². The Morgan fingerprint density at radius 1 is 1.00 bits per heavy atom. The summed E-state index contributed by atoms with van der Waals surface area (Å²) in [7, 11) is 0. The molecule has 1 saturated carbocycles. The predicted molar refractivity (Wildman–Crippen MR) is 74.0 cm³/mol. The normalized spacial score (nSPS) is 15.6. The van der Waals surface area contributed by atoms with E-state index in [1.54, 1.807) is 24.3 Å². The summed E-state index contributed by atoms with van der Waals surface area (Å²) in [5.74, 6) is -0.324. The van der Waals surface area contributed by atoms with Crippen LogP contribution in [0.5, 0.6) is 0 Å². The second-order valence-electron chi connectivity index (χ2n) is 5.14. The molecule has 1 fully saturated rings. The summed E-state index contributed by atoms with van der Waals surface area (Å²) in [5.41, 5.74) is 0.454. The molecule has 0 unspecified atom stereocenters. The zero-order valence-corrected chi connectivity index (χ0v) is 11.5. The molecule has 20 heavy (non-hydrogen) atoms. The largest absolute Gasteiger partial charge is 0.428 e. The molecule has 0 spiro atoms. The Bertz CT molecular complexity index is 435. The van der Waals surface area contributed by atoms with Gasteiger partial charge in [0.25, 0.3) is 0 Å². The van der Waals surface area contributed by atoms with Crippen molar-refractivity contribution < 1.29 is 19.1 Å². The zero-order valence-electron chi connectivity index (χ0n) is 11.5. The highest BCUT2D eigenvalue weighted by atomic mass is 16.7. The van der Waals surface area contributed by atoms with Crippen LogP contribution in [0.4, 0.5) is 0 Å². The summed E-state index contributed by atoms with van der Waals surface area (Å²) < 4.78 is 9.86. The van der Waals surface area contributed by atoms with Gasteiger partial charge in [-0.1, -0.05) is 37.5 Å². The van der Waals surface area contributed by atoms with Crippen molar-refractivity contribution in [3.8, 4) is 0 Å². The molecule has 4 heteroatoms. The van der Waals surface area contributed by atoms with Crippen LogP contribution < -0.4 is 0 Å². The quantitative estimate of drug-likeness (QED) is 0.611. The molecular weight excluding hydrogens is 256 g/mol. The van der Waals surface area contributed by atoms with Crippen LogP contribution in [-0.2, 0) is 14.3 Å². The molecule has 1 aromatic carbocycles. The van der Waals surface area contributed by atoms with E-state index in [-0.39, 0.29) is 12.8 Å². The number of rotatable bonds is 5. The first-order chi connectivity index (χ1) is 9.75. The van der Waals surface area contributed by atoms with E-state index < -0.39 is 5.97 Å². The highest BCUT2D eigenvalue weighted by Crippen LogP contribution is 2.26. The minimum atomic E-state index is -0.476. The van der Waals surface area contributed by atoms with Gasteiger partial charge in [-0.25, -0.2) is 4.79 Å². The number of hydrogen-bond acceptors (Lipinski definition) is 4. The average Bonchev–Trinajstić information content (AvgIpc) is 2.49. The van der Waals surface area contributed by atoms with Crippen LogP contribution in [-0.4, -0.2) is 18.7 Å². The first kappa shape index (κ1) is 14.6. The Morgan fingerprint density at radius 2 is 1.70 bits per heavy atom. The van der Waals surface area contributed by atoms with Crippen LogP contribution in [0.2, 0.25) is 0 Å². The van der Waals surface area contributed by atoms with Gasteiger partial charge in [-0.15, -0.1) is 0 Å². The van der Waals surface area contributed by atoms with Crippen molar-refractivity contribution in [1.29, 1.82) is 0 Å². The van der Waals surface area contributed by atoms with Crippen LogP contribution in [0.15, 0.2) is 30.3 Å². The lowest BCUT2D eigenvalue weighted by atomic mass is 9.87. The third kappa shape index (κ3) is 4.68. The Balaban J connectivity index is 1.65. The number of carbonyl (C=O) groups excluding carboxylic acids is 2. The summed E-state index contributed by atoms with van der Waals surface area (Å²) in [6.07, 6.45) is 6.28. The van der Waals surface area contributed by atoms with Crippen molar-refractivity contribution in [2.75, 3.05) is 6.79 Å². The van der Waals surface area contributed by atoms with Gasteiger partial charge in [-0.05, 0) is 30.9 Å². The average molecular weight is 276 g/mol. The lowest BCUT2D eigenvalue weighted by Crippen LogP contribution is -2.17. The van der Waals surface area contributed by atoms with Crippen LogP contribution in [0.1, 0.15) is 48.9 Å². The van der Waals surface area contributed by atoms with Gasteiger partial charge in [-0.2, -0.15) is 0 Å². The fourth-order valence-electron chi connectivity index (χ4n) is 2.49. The molecule has 0 amide bonds. The molecule has 0 bridgehead atoms. The van der Waals surface area contributed by atoms with Gasteiger partial charge in [0.15, 0.2) is 0 Å². The molecule has 0 saturated heterocycles. The maximum Gasteiger partial charge on any atom is 0.340 e. The predicted octanol–water partition coefficient (Wildman–Crippen LogP) is 3.31. The van der Waals surface area contributed by atoms with Gasteiger partial charge in [-0.3, -0.25) is 4.79 Å². The second kappa shape index (κ2) is 7.68. The minimum absolute atomic E-state index is 0.280. The molecule has 0 atom stereocenters. The molecule has 0 aromatic heterocycles. The first-order valence-electron chi connectivity index (χ1n) is 7.13. The highest BCUT2D eigenvalue weighted by Gasteiger charge is 2.18. The summed E-state index contributed by atoms with van der Waals surface area (Å²) >= 11 is 0. The van der Waals surface area contributed by atoms with Gasteiger partial charge in [0.05, 0.1) is 5.56 Å². The van der Waals surface area contributed by atoms with E-state index in [1.165, 1.54) is 19.3 Å². The van der Waals surface area contributed by atoms with Gasteiger partial charge in [0.1, 0.15) is 0 Å². The van der Waals surface area contributed by atoms with Crippen LogP contribution in [0.3, 0.4) is 0 Å². The molecule has 0 aliphatic heterocycles. The number of ether oxygens (including phenoxy) is 2. The first-order valence-corrected chi connectivity index (χ1v) is 7.13. The van der Waals surface area contributed by atoms with E-state index in [0.717, 1.165) is 12.8 Å². The van der Waals surface area contributed by atoms with Gasteiger partial charge < -0.3 is 9.47 Å². The third-order valence-corrected chi connectivity index (χ3v) is 3.60. The second-order valence-corrected chi connectivity index (χ2v) is 5.14. The molecule has 2 rings (SSSR count). The molecule has 1 aliphatic rings. The topological polar surface area (TPSA) is 52.6 Å². The number of benzene rings is 1. The van der Waals surface area contributed by atoms with E-state index in [1.807, 2.05) is 6.07 Å². The SMILES string of the molecule is O=C(CC1CCCCC1)OCOC(=O)c1ccccc1.